The van der Waals surface area contributed by atoms with Gasteiger partial charge in [-0.15, -0.1) is 11.3 Å². The van der Waals surface area contributed by atoms with E-state index in [1.165, 1.54) is 4.88 Å². The van der Waals surface area contributed by atoms with Crippen molar-refractivity contribution in [2.75, 3.05) is 32.8 Å². The molecule has 9 heteroatoms. The Morgan fingerprint density at radius 3 is 2.70 bits per heavy atom. The minimum absolute atomic E-state index is 0.0396. The zero-order chi connectivity index (χ0) is 25.8. The van der Waals surface area contributed by atoms with E-state index >= 15 is 0 Å². The molecule has 3 aromatic rings. The number of fused-ring (bicyclic) bond motifs is 1. The van der Waals surface area contributed by atoms with Crippen LogP contribution in [0.5, 0.6) is 5.75 Å². The molecule has 1 fully saturated rings. The Morgan fingerprint density at radius 1 is 1.11 bits per heavy atom. The van der Waals surface area contributed by atoms with Crippen LogP contribution in [0.3, 0.4) is 0 Å². The monoisotopic (exact) mass is 558 g/mol. The maximum Gasteiger partial charge on any atom is 0.254 e. The minimum Gasteiger partial charge on any atom is -0.491 e. The summed E-state index contributed by atoms with van der Waals surface area (Å²) in [7, 11) is 0. The largest absolute Gasteiger partial charge is 0.491 e. The van der Waals surface area contributed by atoms with Gasteiger partial charge in [0.25, 0.3) is 5.91 Å². The molecule has 2 atom stereocenters. The molecule has 1 aromatic heterocycles. The number of carbonyl (C=O) groups excluding carboxylic acids is 2. The molecule has 0 aliphatic carbocycles. The van der Waals surface area contributed by atoms with Crippen molar-refractivity contribution < 1.29 is 19.1 Å². The number of benzene rings is 2. The number of amides is 2. The Kier molecular flexibility index (Phi) is 8.35. The standard InChI is InChI=1S/C28H28Cl2N2O4S/c29-20-6-8-22(9-7-20)36-18-25-24-11-14-37-26(24)10-12-32(25)27(33)17-31(16-23-5-2-13-35-23)28(34)19-3-1-4-21(30)15-19/h1,3-4,6-9,11,14-15,23,25H,2,5,10,12-13,16-18H2/t23-,25+/m1/s1. The van der Waals surface area contributed by atoms with E-state index < -0.39 is 0 Å². The second-order valence-corrected chi connectivity index (χ2v) is 11.1. The van der Waals surface area contributed by atoms with Gasteiger partial charge >= 0.3 is 0 Å². The van der Waals surface area contributed by atoms with Crippen LogP contribution in [0.1, 0.15) is 39.7 Å². The molecule has 37 heavy (non-hydrogen) atoms. The lowest BCUT2D eigenvalue weighted by molar-refractivity contribution is -0.135. The number of nitrogens with zero attached hydrogens (tertiary/aromatic N) is 2. The predicted molar refractivity (Wildman–Crippen MR) is 146 cm³/mol. The third kappa shape index (κ3) is 6.29. The van der Waals surface area contributed by atoms with Gasteiger partial charge in [0.1, 0.15) is 18.9 Å². The molecule has 2 aromatic carbocycles. The van der Waals surface area contributed by atoms with Crippen molar-refractivity contribution in [2.45, 2.75) is 31.4 Å². The fourth-order valence-corrected chi connectivity index (χ4v) is 6.14. The van der Waals surface area contributed by atoms with Crippen LogP contribution in [0.15, 0.2) is 60.0 Å². The fraction of sp³-hybridized carbons (Fsp3) is 0.357. The maximum absolute atomic E-state index is 13.8. The smallest absolute Gasteiger partial charge is 0.254 e. The van der Waals surface area contributed by atoms with E-state index in [-0.39, 0.29) is 30.5 Å². The number of halogens is 2. The lowest BCUT2D eigenvalue weighted by atomic mass is 10.00. The van der Waals surface area contributed by atoms with Crippen LogP contribution in [0, 0.1) is 0 Å². The van der Waals surface area contributed by atoms with E-state index in [1.807, 2.05) is 17.0 Å². The number of hydrogen-bond donors (Lipinski definition) is 0. The Morgan fingerprint density at radius 2 is 1.95 bits per heavy atom. The molecule has 1 saturated heterocycles. The minimum atomic E-state index is -0.246. The molecule has 2 aliphatic heterocycles. The molecule has 6 nitrogen and oxygen atoms in total. The van der Waals surface area contributed by atoms with Gasteiger partial charge in [0, 0.05) is 40.2 Å². The molecule has 194 valence electrons. The first kappa shape index (κ1) is 26.0. The molecule has 0 N–H and O–H groups in total. The van der Waals surface area contributed by atoms with Crippen LogP contribution in [-0.2, 0) is 16.0 Å². The van der Waals surface area contributed by atoms with E-state index in [0.29, 0.717) is 47.7 Å². The van der Waals surface area contributed by atoms with Crippen LogP contribution in [0.4, 0.5) is 0 Å². The number of ether oxygens (including phenoxy) is 2. The molecule has 0 radical (unpaired) electrons. The van der Waals surface area contributed by atoms with E-state index in [1.54, 1.807) is 52.6 Å². The van der Waals surface area contributed by atoms with Gasteiger partial charge in [0.2, 0.25) is 5.91 Å². The third-order valence-electron chi connectivity index (χ3n) is 6.77. The van der Waals surface area contributed by atoms with Crippen molar-refractivity contribution in [2.24, 2.45) is 0 Å². The lowest BCUT2D eigenvalue weighted by Gasteiger charge is -2.37. The van der Waals surface area contributed by atoms with Gasteiger partial charge in [0.05, 0.1) is 12.1 Å². The summed E-state index contributed by atoms with van der Waals surface area (Å²) in [5, 5.41) is 3.17. The summed E-state index contributed by atoms with van der Waals surface area (Å²) >= 11 is 13.9. The molecule has 0 bridgehead atoms. The van der Waals surface area contributed by atoms with Crippen molar-refractivity contribution in [1.29, 1.82) is 0 Å². The summed E-state index contributed by atoms with van der Waals surface area (Å²) in [6.45, 7) is 1.88. The van der Waals surface area contributed by atoms with E-state index in [0.717, 1.165) is 24.8 Å². The summed E-state index contributed by atoms with van der Waals surface area (Å²) in [5.74, 6) is 0.346. The van der Waals surface area contributed by atoms with Crippen LogP contribution < -0.4 is 4.74 Å². The van der Waals surface area contributed by atoms with Gasteiger partial charge in [-0.2, -0.15) is 0 Å². The topological polar surface area (TPSA) is 59.1 Å². The van der Waals surface area contributed by atoms with Gasteiger partial charge in [-0.05, 0) is 78.7 Å². The first-order valence-corrected chi connectivity index (χ1v) is 14.0. The van der Waals surface area contributed by atoms with Gasteiger partial charge in [-0.3, -0.25) is 9.59 Å². The van der Waals surface area contributed by atoms with Gasteiger partial charge in [-0.1, -0.05) is 29.3 Å². The van der Waals surface area contributed by atoms with Crippen LogP contribution in [0.25, 0.3) is 0 Å². The number of hydrogen-bond acceptors (Lipinski definition) is 5. The Labute approximate surface area is 230 Å². The molecule has 2 aliphatic rings. The molecule has 0 saturated carbocycles. The van der Waals surface area contributed by atoms with Crippen molar-refractivity contribution in [3.63, 3.8) is 0 Å². The van der Waals surface area contributed by atoms with Crippen molar-refractivity contribution in [3.05, 3.63) is 86.0 Å². The molecule has 0 spiro atoms. The number of thiophene rings is 1. The summed E-state index contributed by atoms with van der Waals surface area (Å²) < 4.78 is 11.9. The first-order chi connectivity index (χ1) is 18.0. The highest BCUT2D eigenvalue weighted by molar-refractivity contribution is 7.10. The van der Waals surface area contributed by atoms with Crippen molar-refractivity contribution in [1.82, 2.24) is 9.80 Å². The van der Waals surface area contributed by atoms with E-state index in [9.17, 15) is 9.59 Å². The first-order valence-electron chi connectivity index (χ1n) is 12.4. The van der Waals surface area contributed by atoms with Gasteiger partial charge in [-0.25, -0.2) is 0 Å². The van der Waals surface area contributed by atoms with Crippen LogP contribution >= 0.6 is 34.5 Å². The van der Waals surface area contributed by atoms with Gasteiger partial charge in [0.15, 0.2) is 0 Å². The predicted octanol–water partition coefficient (Wildman–Crippen LogP) is 5.88. The Bertz CT molecular complexity index is 1240. The lowest BCUT2D eigenvalue weighted by Crippen LogP contribution is -2.49. The Hall–Kier alpha value is -2.58. The summed E-state index contributed by atoms with van der Waals surface area (Å²) in [4.78, 5) is 32.0. The molecule has 3 heterocycles. The summed E-state index contributed by atoms with van der Waals surface area (Å²) in [5.41, 5.74) is 1.56. The normalized spacial score (nSPS) is 18.9. The fourth-order valence-electron chi connectivity index (χ4n) is 4.89. The van der Waals surface area contributed by atoms with Crippen molar-refractivity contribution >= 4 is 46.4 Å². The SMILES string of the molecule is O=C(c1cccc(Cl)c1)N(CC(=O)N1CCc2sccc2[C@@H]1COc1ccc(Cl)cc1)C[C@H]1CCCO1. The molecule has 2 amide bonds. The highest BCUT2D eigenvalue weighted by atomic mass is 35.5. The zero-order valence-electron chi connectivity index (χ0n) is 20.3. The summed E-state index contributed by atoms with van der Waals surface area (Å²) in [6, 6.07) is 15.8. The Balaban J connectivity index is 1.35. The van der Waals surface area contributed by atoms with Crippen molar-refractivity contribution in [3.8, 4) is 5.75 Å². The molecule has 0 unspecified atom stereocenters. The summed E-state index contributed by atoms with van der Waals surface area (Å²) in [6.07, 6.45) is 2.52. The number of carbonyl (C=O) groups is 2. The average molecular weight is 560 g/mol. The molecular formula is C28H28Cl2N2O4S. The number of rotatable bonds is 8. The van der Waals surface area contributed by atoms with E-state index in [4.69, 9.17) is 32.7 Å². The zero-order valence-corrected chi connectivity index (χ0v) is 22.6. The third-order valence-corrected chi connectivity index (χ3v) is 8.25. The average Bonchev–Trinajstić information content (AvgIpc) is 3.59. The second-order valence-electron chi connectivity index (χ2n) is 9.25. The molecular weight excluding hydrogens is 531 g/mol. The van der Waals surface area contributed by atoms with Gasteiger partial charge < -0.3 is 19.3 Å². The second kappa shape index (κ2) is 11.9. The quantitative estimate of drug-likeness (QED) is 0.346. The van der Waals surface area contributed by atoms with Crippen LogP contribution in [-0.4, -0.2) is 60.6 Å². The molecule has 5 rings (SSSR count). The maximum atomic E-state index is 13.8. The van der Waals surface area contributed by atoms with Crippen LogP contribution in [0.2, 0.25) is 10.0 Å². The highest BCUT2D eigenvalue weighted by Crippen LogP contribution is 2.34. The highest BCUT2D eigenvalue weighted by Gasteiger charge is 2.34. The van der Waals surface area contributed by atoms with E-state index in [2.05, 4.69) is 11.4 Å².